The number of para-hydroxylation sites is 2. The maximum absolute atomic E-state index is 13.8. The van der Waals surface area contributed by atoms with Crippen molar-refractivity contribution in [2.45, 2.75) is 13.8 Å². The summed E-state index contributed by atoms with van der Waals surface area (Å²) in [6.45, 7) is 3.86. The average molecular weight is 309 g/mol. The minimum Gasteiger partial charge on any atom is -0.320 e. The Morgan fingerprint density at radius 3 is 2.43 bits per heavy atom. The summed E-state index contributed by atoms with van der Waals surface area (Å²) >= 11 is 0. The normalized spacial score (nSPS) is 10.6. The Morgan fingerprint density at radius 2 is 1.74 bits per heavy atom. The van der Waals surface area contributed by atoms with Gasteiger partial charge in [0.25, 0.3) is 5.91 Å². The Hall–Kier alpha value is -2.95. The Kier molecular flexibility index (Phi) is 3.93. The number of aromatic nitrogens is 2. The second-order valence-corrected chi connectivity index (χ2v) is 5.32. The molecule has 116 valence electrons. The SMILES string of the molecule is Cc1cccc(C)c1NC(=O)c1ccn(-c2ccccc2F)n1. The highest BCUT2D eigenvalue weighted by Gasteiger charge is 2.14. The summed E-state index contributed by atoms with van der Waals surface area (Å²) < 4.78 is 15.1. The maximum atomic E-state index is 13.8. The molecule has 23 heavy (non-hydrogen) atoms. The van der Waals surface area contributed by atoms with Crippen LogP contribution in [0.5, 0.6) is 0 Å². The summed E-state index contributed by atoms with van der Waals surface area (Å²) in [5, 5.41) is 7.03. The van der Waals surface area contributed by atoms with Crippen molar-refractivity contribution < 1.29 is 9.18 Å². The Morgan fingerprint density at radius 1 is 1.04 bits per heavy atom. The van der Waals surface area contributed by atoms with Crippen LogP contribution in [0.2, 0.25) is 0 Å². The molecule has 3 rings (SSSR count). The van der Waals surface area contributed by atoms with E-state index in [0.29, 0.717) is 5.69 Å². The standard InChI is InChI=1S/C18H16FN3O/c1-12-6-5-7-13(2)17(12)20-18(23)15-10-11-22(21-15)16-9-4-3-8-14(16)19/h3-11H,1-2H3,(H,20,23). The number of hydrogen-bond acceptors (Lipinski definition) is 2. The third kappa shape index (κ3) is 2.99. The summed E-state index contributed by atoms with van der Waals surface area (Å²) in [6.07, 6.45) is 1.57. The predicted molar refractivity (Wildman–Crippen MR) is 87.4 cm³/mol. The highest BCUT2D eigenvalue weighted by molar-refractivity contribution is 6.03. The van der Waals surface area contributed by atoms with Crippen molar-refractivity contribution in [3.63, 3.8) is 0 Å². The second-order valence-electron chi connectivity index (χ2n) is 5.32. The van der Waals surface area contributed by atoms with Crippen molar-refractivity contribution in [1.29, 1.82) is 0 Å². The van der Waals surface area contributed by atoms with Gasteiger partial charge >= 0.3 is 0 Å². The fraction of sp³-hybridized carbons (Fsp3) is 0.111. The number of hydrogen-bond donors (Lipinski definition) is 1. The molecule has 5 heteroatoms. The number of carbonyl (C=O) groups excluding carboxylic acids is 1. The van der Waals surface area contributed by atoms with Crippen molar-refractivity contribution in [3.05, 3.63) is 77.4 Å². The lowest BCUT2D eigenvalue weighted by Gasteiger charge is -2.10. The van der Waals surface area contributed by atoms with E-state index in [2.05, 4.69) is 10.4 Å². The lowest BCUT2D eigenvalue weighted by molar-refractivity contribution is 0.102. The van der Waals surface area contributed by atoms with Gasteiger partial charge in [-0.2, -0.15) is 5.10 Å². The van der Waals surface area contributed by atoms with Crippen LogP contribution in [0.25, 0.3) is 5.69 Å². The summed E-state index contributed by atoms with van der Waals surface area (Å²) in [6, 6.07) is 13.7. The molecule has 0 saturated carbocycles. The third-order valence-corrected chi connectivity index (χ3v) is 3.64. The van der Waals surface area contributed by atoms with E-state index in [1.54, 1.807) is 30.5 Å². The number of rotatable bonds is 3. The summed E-state index contributed by atoms with van der Waals surface area (Å²) in [5.74, 6) is -0.713. The Labute approximate surface area is 133 Å². The van der Waals surface area contributed by atoms with E-state index in [-0.39, 0.29) is 11.6 Å². The number of nitrogens with zero attached hydrogens (tertiary/aromatic N) is 2. The lowest BCUT2D eigenvalue weighted by Crippen LogP contribution is -2.15. The molecule has 0 unspecified atom stereocenters. The van der Waals surface area contributed by atoms with E-state index >= 15 is 0 Å². The van der Waals surface area contributed by atoms with Crippen LogP contribution >= 0.6 is 0 Å². The van der Waals surface area contributed by atoms with Gasteiger partial charge in [0, 0.05) is 11.9 Å². The number of halogens is 1. The molecule has 0 aliphatic carbocycles. The third-order valence-electron chi connectivity index (χ3n) is 3.64. The van der Waals surface area contributed by atoms with Gasteiger partial charge in [-0.1, -0.05) is 30.3 Å². The first-order valence-corrected chi connectivity index (χ1v) is 7.24. The zero-order valence-electron chi connectivity index (χ0n) is 12.9. The molecular weight excluding hydrogens is 293 g/mol. The molecule has 0 aliphatic heterocycles. The first-order chi connectivity index (χ1) is 11.1. The average Bonchev–Trinajstić information content (AvgIpc) is 3.01. The molecule has 0 atom stereocenters. The van der Waals surface area contributed by atoms with Crippen molar-refractivity contribution in [1.82, 2.24) is 9.78 Å². The van der Waals surface area contributed by atoms with Gasteiger partial charge in [0.15, 0.2) is 5.69 Å². The van der Waals surface area contributed by atoms with Crippen LogP contribution < -0.4 is 5.32 Å². The van der Waals surface area contributed by atoms with Crippen LogP contribution in [-0.4, -0.2) is 15.7 Å². The van der Waals surface area contributed by atoms with Crippen LogP contribution in [0.3, 0.4) is 0 Å². The molecule has 1 aromatic heterocycles. The van der Waals surface area contributed by atoms with Gasteiger partial charge in [-0.15, -0.1) is 0 Å². The summed E-state index contributed by atoms with van der Waals surface area (Å²) in [4.78, 5) is 12.4. The molecule has 0 saturated heterocycles. The molecular formula is C18H16FN3O. The molecule has 0 aliphatic rings. The summed E-state index contributed by atoms with van der Waals surface area (Å²) in [7, 11) is 0. The molecule has 0 bridgehead atoms. The maximum Gasteiger partial charge on any atom is 0.276 e. The van der Waals surface area contributed by atoms with Gasteiger partial charge in [-0.25, -0.2) is 9.07 Å². The smallest absolute Gasteiger partial charge is 0.276 e. The van der Waals surface area contributed by atoms with E-state index in [1.165, 1.54) is 10.7 Å². The molecule has 0 radical (unpaired) electrons. The van der Waals surface area contributed by atoms with E-state index in [0.717, 1.165) is 16.8 Å². The fourth-order valence-electron chi connectivity index (χ4n) is 2.41. The van der Waals surface area contributed by atoms with Crippen molar-refractivity contribution in [3.8, 4) is 5.69 Å². The topological polar surface area (TPSA) is 46.9 Å². The predicted octanol–water partition coefficient (Wildman–Crippen LogP) is 3.88. The molecule has 4 nitrogen and oxygen atoms in total. The zero-order chi connectivity index (χ0) is 16.4. The van der Waals surface area contributed by atoms with Gasteiger partial charge in [-0.3, -0.25) is 4.79 Å². The Bertz CT molecular complexity index is 850. The largest absolute Gasteiger partial charge is 0.320 e. The van der Waals surface area contributed by atoms with E-state index in [1.807, 2.05) is 32.0 Å². The molecule has 2 aromatic carbocycles. The first kappa shape index (κ1) is 15.0. The van der Waals surface area contributed by atoms with Gasteiger partial charge in [0.05, 0.1) is 0 Å². The fourth-order valence-corrected chi connectivity index (χ4v) is 2.41. The molecule has 1 heterocycles. The Balaban J connectivity index is 1.86. The minimum atomic E-state index is -0.391. The van der Waals surface area contributed by atoms with Gasteiger partial charge in [-0.05, 0) is 43.2 Å². The van der Waals surface area contributed by atoms with Crippen molar-refractivity contribution in [2.24, 2.45) is 0 Å². The van der Waals surface area contributed by atoms with Gasteiger partial charge in [0.2, 0.25) is 0 Å². The van der Waals surface area contributed by atoms with Crippen molar-refractivity contribution >= 4 is 11.6 Å². The number of aryl methyl sites for hydroxylation is 2. The van der Waals surface area contributed by atoms with Gasteiger partial charge in [0.1, 0.15) is 11.5 Å². The minimum absolute atomic E-state index is 0.232. The highest BCUT2D eigenvalue weighted by Crippen LogP contribution is 2.20. The van der Waals surface area contributed by atoms with Crippen LogP contribution in [0, 0.1) is 19.7 Å². The van der Waals surface area contributed by atoms with Crippen LogP contribution in [-0.2, 0) is 0 Å². The number of amides is 1. The van der Waals surface area contributed by atoms with E-state index in [9.17, 15) is 9.18 Å². The van der Waals surface area contributed by atoms with Crippen LogP contribution in [0.15, 0.2) is 54.7 Å². The van der Waals surface area contributed by atoms with Crippen LogP contribution in [0.1, 0.15) is 21.6 Å². The monoisotopic (exact) mass is 309 g/mol. The zero-order valence-corrected chi connectivity index (χ0v) is 12.9. The highest BCUT2D eigenvalue weighted by atomic mass is 19.1. The van der Waals surface area contributed by atoms with Crippen LogP contribution in [0.4, 0.5) is 10.1 Å². The number of carbonyl (C=O) groups is 1. The molecule has 1 N–H and O–H groups in total. The molecule has 1 amide bonds. The number of benzene rings is 2. The lowest BCUT2D eigenvalue weighted by atomic mass is 10.1. The quantitative estimate of drug-likeness (QED) is 0.798. The molecule has 0 fully saturated rings. The number of nitrogens with one attached hydrogen (secondary N) is 1. The van der Waals surface area contributed by atoms with Gasteiger partial charge < -0.3 is 5.32 Å². The molecule has 3 aromatic rings. The second kappa shape index (κ2) is 6.04. The van der Waals surface area contributed by atoms with E-state index in [4.69, 9.17) is 0 Å². The first-order valence-electron chi connectivity index (χ1n) is 7.24. The molecule has 0 spiro atoms. The summed E-state index contributed by atoms with van der Waals surface area (Å²) in [5.41, 5.74) is 3.27. The van der Waals surface area contributed by atoms with Crippen molar-refractivity contribution in [2.75, 3.05) is 5.32 Å². The number of anilines is 1. The van der Waals surface area contributed by atoms with E-state index < -0.39 is 5.82 Å².